The molecule has 0 bridgehead atoms. The number of carbonyl (C=O) groups excluding carboxylic acids is 2. The molecule has 2 fully saturated rings. The van der Waals surface area contributed by atoms with Crippen molar-refractivity contribution in [1.82, 2.24) is 15.1 Å². The topological polar surface area (TPSA) is 64.7 Å². The van der Waals surface area contributed by atoms with E-state index in [0.29, 0.717) is 26.2 Å². The lowest BCUT2D eigenvalue weighted by Crippen LogP contribution is -2.54. The minimum atomic E-state index is -2.81. The summed E-state index contributed by atoms with van der Waals surface area (Å²) >= 11 is 0. The molecule has 3 rings (SSSR count). The van der Waals surface area contributed by atoms with Crippen LogP contribution in [0.2, 0.25) is 0 Å². The van der Waals surface area contributed by atoms with Crippen LogP contribution in [0.15, 0.2) is 30.3 Å². The van der Waals surface area contributed by atoms with Crippen molar-refractivity contribution in [1.29, 1.82) is 0 Å². The molecule has 0 aliphatic carbocycles. The summed E-state index contributed by atoms with van der Waals surface area (Å²) in [5, 5.41) is 5.42. The Kier molecular flexibility index (Phi) is 5.29. The first-order valence-corrected chi connectivity index (χ1v) is 8.40. The highest BCUT2D eigenvalue weighted by molar-refractivity contribution is 5.92. The van der Waals surface area contributed by atoms with Gasteiger partial charge in [-0.3, -0.25) is 19.8 Å². The largest absolute Gasteiger partial charge is 0.339 e. The van der Waals surface area contributed by atoms with Crippen LogP contribution >= 0.6 is 0 Å². The minimum Gasteiger partial charge on any atom is -0.339 e. The van der Waals surface area contributed by atoms with Gasteiger partial charge in [-0.2, -0.15) is 0 Å². The Balaban J connectivity index is 1.43. The second-order valence-electron chi connectivity index (χ2n) is 6.51. The van der Waals surface area contributed by atoms with Gasteiger partial charge in [-0.1, -0.05) is 18.2 Å². The van der Waals surface area contributed by atoms with Gasteiger partial charge in [-0.15, -0.1) is 0 Å². The zero-order chi connectivity index (χ0) is 17.9. The predicted octanol–water partition coefficient (Wildman–Crippen LogP) is 0.767. The van der Waals surface area contributed by atoms with Gasteiger partial charge in [0.05, 0.1) is 19.1 Å². The second kappa shape index (κ2) is 7.45. The molecule has 25 heavy (non-hydrogen) atoms. The van der Waals surface area contributed by atoms with E-state index in [4.69, 9.17) is 0 Å². The average Bonchev–Trinajstić information content (AvgIpc) is 2.96. The summed E-state index contributed by atoms with van der Waals surface area (Å²) in [6.07, 6.45) is -0.439. The second-order valence-corrected chi connectivity index (χ2v) is 6.51. The zero-order valence-electron chi connectivity index (χ0n) is 13.9. The Morgan fingerprint density at radius 3 is 2.44 bits per heavy atom. The molecule has 2 aliphatic heterocycles. The van der Waals surface area contributed by atoms with E-state index in [1.807, 2.05) is 35.2 Å². The third-order valence-electron chi connectivity index (χ3n) is 4.52. The fourth-order valence-electron chi connectivity index (χ4n) is 3.16. The van der Waals surface area contributed by atoms with Crippen molar-refractivity contribution >= 4 is 17.5 Å². The normalized spacial score (nSPS) is 23.4. The molecule has 8 heteroatoms. The number of nitrogens with one attached hydrogen (secondary N) is 2. The quantitative estimate of drug-likeness (QED) is 0.840. The summed E-state index contributed by atoms with van der Waals surface area (Å²) in [5.74, 6) is -3.19. The van der Waals surface area contributed by atoms with Crippen LogP contribution in [0.4, 0.5) is 14.5 Å². The number of carbonyl (C=O) groups is 2. The van der Waals surface area contributed by atoms with E-state index in [2.05, 4.69) is 10.6 Å². The van der Waals surface area contributed by atoms with Crippen LogP contribution in [-0.2, 0) is 9.59 Å². The van der Waals surface area contributed by atoms with E-state index in [0.717, 1.165) is 5.69 Å². The van der Waals surface area contributed by atoms with Gasteiger partial charge in [0, 0.05) is 38.3 Å². The van der Waals surface area contributed by atoms with Gasteiger partial charge in [0.25, 0.3) is 5.92 Å². The molecule has 0 aromatic heterocycles. The van der Waals surface area contributed by atoms with Crippen molar-refractivity contribution in [2.75, 3.05) is 44.6 Å². The van der Waals surface area contributed by atoms with Crippen LogP contribution in [-0.4, -0.2) is 72.8 Å². The standard InChI is InChI=1S/C17H22F2N4O2/c18-17(19)10-14(20-12-17)16(25)23-8-6-22(7-9-23)11-15(24)21-13-4-2-1-3-5-13/h1-5,14,20H,6-12H2,(H,21,24). The highest BCUT2D eigenvalue weighted by atomic mass is 19.3. The highest BCUT2D eigenvalue weighted by Crippen LogP contribution is 2.26. The molecule has 0 spiro atoms. The Bertz CT molecular complexity index is 618. The maximum Gasteiger partial charge on any atom is 0.262 e. The molecule has 0 saturated carbocycles. The first-order chi connectivity index (χ1) is 11.9. The van der Waals surface area contributed by atoms with E-state index in [-0.39, 0.29) is 18.4 Å². The lowest BCUT2D eigenvalue weighted by Gasteiger charge is -2.35. The first kappa shape index (κ1) is 17.8. The van der Waals surface area contributed by atoms with Crippen LogP contribution in [0.25, 0.3) is 0 Å². The average molecular weight is 352 g/mol. The van der Waals surface area contributed by atoms with Crippen molar-refractivity contribution < 1.29 is 18.4 Å². The van der Waals surface area contributed by atoms with Crippen LogP contribution in [0.5, 0.6) is 0 Å². The summed E-state index contributed by atoms with van der Waals surface area (Å²) in [6, 6.07) is 8.41. The van der Waals surface area contributed by atoms with Crippen LogP contribution < -0.4 is 10.6 Å². The summed E-state index contributed by atoms with van der Waals surface area (Å²) in [5.41, 5.74) is 0.745. The van der Waals surface area contributed by atoms with E-state index >= 15 is 0 Å². The zero-order valence-corrected chi connectivity index (χ0v) is 13.9. The Hall–Kier alpha value is -2.06. The van der Waals surface area contributed by atoms with Crippen LogP contribution in [0.3, 0.4) is 0 Å². The van der Waals surface area contributed by atoms with E-state index in [9.17, 15) is 18.4 Å². The molecule has 2 amide bonds. The first-order valence-electron chi connectivity index (χ1n) is 8.40. The predicted molar refractivity (Wildman–Crippen MR) is 89.4 cm³/mol. The number of para-hydroxylation sites is 1. The van der Waals surface area contributed by atoms with E-state index in [1.54, 1.807) is 4.90 Å². The van der Waals surface area contributed by atoms with Crippen molar-refractivity contribution in [3.8, 4) is 0 Å². The lowest BCUT2D eigenvalue weighted by molar-refractivity contribution is -0.135. The SMILES string of the molecule is O=C(CN1CCN(C(=O)C2CC(F)(F)CN2)CC1)Nc1ccccc1. The number of amides is 2. The number of nitrogens with zero attached hydrogens (tertiary/aromatic N) is 2. The molecule has 1 aromatic carbocycles. The molecule has 136 valence electrons. The number of hydrogen-bond acceptors (Lipinski definition) is 4. The molecule has 1 aromatic rings. The lowest BCUT2D eigenvalue weighted by atomic mass is 10.1. The number of hydrogen-bond donors (Lipinski definition) is 2. The Morgan fingerprint density at radius 1 is 1.16 bits per heavy atom. The molecule has 1 atom stereocenters. The Labute approximate surface area is 145 Å². The number of alkyl halides is 2. The maximum absolute atomic E-state index is 13.2. The van der Waals surface area contributed by atoms with Gasteiger partial charge < -0.3 is 10.2 Å². The molecule has 2 aliphatic rings. The fourth-order valence-corrected chi connectivity index (χ4v) is 3.16. The molecular formula is C17H22F2N4O2. The van der Waals surface area contributed by atoms with Gasteiger partial charge in [0.2, 0.25) is 11.8 Å². The number of benzene rings is 1. The van der Waals surface area contributed by atoms with Gasteiger partial charge >= 0.3 is 0 Å². The summed E-state index contributed by atoms with van der Waals surface area (Å²) in [4.78, 5) is 27.9. The van der Waals surface area contributed by atoms with Crippen molar-refractivity contribution in [3.63, 3.8) is 0 Å². The van der Waals surface area contributed by atoms with E-state index < -0.39 is 24.9 Å². The third kappa shape index (κ3) is 4.73. The van der Waals surface area contributed by atoms with Gasteiger partial charge in [0.15, 0.2) is 0 Å². The summed E-state index contributed by atoms with van der Waals surface area (Å²) in [7, 11) is 0. The molecular weight excluding hydrogens is 330 g/mol. The highest BCUT2D eigenvalue weighted by Gasteiger charge is 2.43. The number of halogens is 2. The third-order valence-corrected chi connectivity index (χ3v) is 4.52. The van der Waals surface area contributed by atoms with Gasteiger partial charge in [-0.25, -0.2) is 8.78 Å². The van der Waals surface area contributed by atoms with Crippen molar-refractivity contribution in [3.05, 3.63) is 30.3 Å². The number of rotatable bonds is 4. The molecule has 2 saturated heterocycles. The summed E-state index contributed by atoms with van der Waals surface area (Å²) < 4.78 is 26.4. The van der Waals surface area contributed by atoms with Crippen molar-refractivity contribution in [2.45, 2.75) is 18.4 Å². The smallest absolute Gasteiger partial charge is 0.262 e. The van der Waals surface area contributed by atoms with Crippen molar-refractivity contribution in [2.24, 2.45) is 0 Å². The molecule has 1 unspecified atom stereocenters. The minimum absolute atomic E-state index is 0.108. The van der Waals surface area contributed by atoms with Crippen LogP contribution in [0.1, 0.15) is 6.42 Å². The molecule has 0 radical (unpaired) electrons. The van der Waals surface area contributed by atoms with Crippen LogP contribution in [0, 0.1) is 0 Å². The Morgan fingerprint density at radius 2 is 1.84 bits per heavy atom. The van der Waals surface area contributed by atoms with E-state index in [1.165, 1.54) is 0 Å². The molecule has 2 heterocycles. The maximum atomic E-state index is 13.2. The summed E-state index contributed by atoms with van der Waals surface area (Å²) in [6.45, 7) is 1.80. The molecule has 2 N–H and O–H groups in total. The fraction of sp³-hybridized carbons (Fsp3) is 0.529. The van der Waals surface area contributed by atoms with Gasteiger partial charge in [0.1, 0.15) is 0 Å². The van der Waals surface area contributed by atoms with Gasteiger partial charge in [-0.05, 0) is 12.1 Å². The molecule has 6 nitrogen and oxygen atoms in total. The number of piperazine rings is 1. The monoisotopic (exact) mass is 352 g/mol. The number of anilines is 1.